The van der Waals surface area contributed by atoms with Gasteiger partial charge in [0, 0.05) is 19.5 Å². The predicted octanol–water partition coefficient (Wildman–Crippen LogP) is 1.54. The number of urea groups is 1. The number of morpholine rings is 1. The van der Waals surface area contributed by atoms with Crippen LogP contribution in [0, 0.1) is 10.8 Å². The van der Waals surface area contributed by atoms with E-state index in [0.717, 1.165) is 0 Å². The molecule has 5 rings (SSSR count). The number of nitrogens with zero attached hydrogens (tertiary/aromatic N) is 3. The number of amides is 5. The summed E-state index contributed by atoms with van der Waals surface area (Å²) in [5.74, 6) is -1.97. The number of aromatic nitrogens is 2. The highest BCUT2D eigenvalue weighted by atomic mass is 35.5. The van der Waals surface area contributed by atoms with Crippen molar-refractivity contribution in [2.24, 2.45) is 10.8 Å². The Labute approximate surface area is 211 Å². The Kier molecular flexibility index (Phi) is 5.52. The molecule has 3 N–H and O–H groups in total. The van der Waals surface area contributed by atoms with E-state index in [9.17, 15) is 19.2 Å². The molecule has 3 aliphatic rings. The molecule has 36 heavy (non-hydrogen) atoms. The van der Waals surface area contributed by atoms with E-state index >= 15 is 0 Å². The fraction of sp³-hybridized carbons (Fsp3) is 0.565. The van der Waals surface area contributed by atoms with Gasteiger partial charge in [0.05, 0.1) is 29.6 Å². The van der Waals surface area contributed by atoms with Crippen LogP contribution in [-0.2, 0) is 20.7 Å². The minimum atomic E-state index is -1.71. The minimum Gasteiger partial charge on any atom is -0.372 e. The van der Waals surface area contributed by atoms with Crippen molar-refractivity contribution in [2.75, 3.05) is 18.0 Å². The van der Waals surface area contributed by atoms with E-state index in [1.807, 2.05) is 32.6 Å². The van der Waals surface area contributed by atoms with Crippen molar-refractivity contribution in [1.82, 2.24) is 26.1 Å². The maximum atomic E-state index is 13.3. The molecule has 2 fully saturated rings. The summed E-state index contributed by atoms with van der Waals surface area (Å²) in [7, 11) is 0. The van der Waals surface area contributed by atoms with Crippen LogP contribution in [0.15, 0.2) is 4.52 Å². The van der Waals surface area contributed by atoms with E-state index in [-0.39, 0.29) is 39.8 Å². The van der Waals surface area contributed by atoms with Gasteiger partial charge in [-0.15, -0.1) is 0 Å². The minimum absolute atomic E-state index is 0.0495. The van der Waals surface area contributed by atoms with Crippen LogP contribution in [0.2, 0.25) is 5.02 Å². The van der Waals surface area contributed by atoms with Crippen LogP contribution >= 0.6 is 11.6 Å². The molecule has 0 saturated carbocycles. The van der Waals surface area contributed by atoms with Crippen LogP contribution < -0.4 is 20.9 Å². The number of hydrogen-bond donors (Lipinski definition) is 3. The summed E-state index contributed by atoms with van der Waals surface area (Å²) in [5.41, 5.74) is -0.868. The number of fused-ring (bicyclic) bond motifs is 5. The molecule has 5 heterocycles. The summed E-state index contributed by atoms with van der Waals surface area (Å²) < 4.78 is 11.5. The van der Waals surface area contributed by atoms with E-state index in [1.54, 1.807) is 6.92 Å². The highest BCUT2D eigenvalue weighted by molar-refractivity contribution is 6.38. The molecule has 0 radical (unpaired) electrons. The molecule has 2 aromatic rings. The summed E-state index contributed by atoms with van der Waals surface area (Å²) in [4.78, 5) is 57.9. The van der Waals surface area contributed by atoms with Gasteiger partial charge in [0.25, 0.3) is 5.91 Å². The summed E-state index contributed by atoms with van der Waals surface area (Å²) >= 11 is 6.82. The first-order valence-electron chi connectivity index (χ1n) is 11.7. The fourth-order valence-corrected chi connectivity index (χ4v) is 5.68. The smallest absolute Gasteiger partial charge is 0.328 e. The number of ether oxygens (including phenoxy) is 1. The van der Waals surface area contributed by atoms with E-state index < -0.39 is 41.3 Å². The summed E-state index contributed by atoms with van der Waals surface area (Å²) in [6, 6.07) is -1.66. The number of nitrogens with one attached hydrogen (secondary N) is 3. The van der Waals surface area contributed by atoms with Crippen molar-refractivity contribution in [1.29, 1.82) is 0 Å². The first-order chi connectivity index (χ1) is 16.8. The molecule has 12 nitrogen and oxygen atoms in total. The molecule has 13 heteroatoms. The molecule has 0 aliphatic carbocycles. The van der Waals surface area contributed by atoms with Crippen LogP contribution in [-0.4, -0.2) is 65.2 Å². The normalized spacial score (nSPS) is 25.3. The Morgan fingerprint density at radius 1 is 1.22 bits per heavy atom. The summed E-state index contributed by atoms with van der Waals surface area (Å²) in [5, 5.41) is 11.4. The molecule has 5 amide bonds. The first kappa shape index (κ1) is 24.4. The van der Waals surface area contributed by atoms with Gasteiger partial charge < -0.3 is 19.5 Å². The topological polar surface area (TPSA) is 156 Å². The molecule has 0 bridgehead atoms. The molecule has 0 aromatic carbocycles. The maximum absolute atomic E-state index is 13.3. The van der Waals surface area contributed by atoms with Crippen molar-refractivity contribution >= 4 is 52.1 Å². The zero-order valence-corrected chi connectivity index (χ0v) is 21.3. The molecule has 2 saturated heterocycles. The third-order valence-electron chi connectivity index (χ3n) is 6.77. The fourth-order valence-electron chi connectivity index (χ4n) is 5.33. The standard InChI is InChI=1S/C23H27ClN6O6/c1-9-7-30-15-11(6-23(17(30)10(2)35-9)19(32)27-21(34)28-20(23)33)26-13-14(29-36-16(13)12(15)24)18(31)25-8-22(3,4)5/h9-10,17H,6-8H2,1-5H3,(H,25,31)(H2,27,28,32,33,34)/t9-,10+,17-/m0/s1. The van der Waals surface area contributed by atoms with Crippen LogP contribution in [0.4, 0.5) is 10.5 Å². The van der Waals surface area contributed by atoms with E-state index in [0.29, 0.717) is 24.5 Å². The number of pyridine rings is 1. The zero-order chi connectivity index (χ0) is 26.2. The monoisotopic (exact) mass is 518 g/mol. The molecule has 192 valence electrons. The Hall–Kier alpha value is -3.25. The predicted molar refractivity (Wildman–Crippen MR) is 128 cm³/mol. The molecule has 3 atom stereocenters. The van der Waals surface area contributed by atoms with Crippen LogP contribution in [0.1, 0.15) is 50.8 Å². The van der Waals surface area contributed by atoms with E-state index in [1.165, 1.54) is 0 Å². The van der Waals surface area contributed by atoms with Crippen molar-refractivity contribution < 1.29 is 28.4 Å². The third kappa shape index (κ3) is 3.62. The Bertz CT molecular complexity index is 1300. The second-order valence-electron chi connectivity index (χ2n) is 10.8. The molecular formula is C23H27ClN6O6. The lowest BCUT2D eigenvalue weighted by Gasteiger charge is -2.55. The second kappa shape index (κ2) is 8.13. The van der Waals surface area contributed by atoms with Crippen molar-refractivity contribution in [2.45, 2.75) is 59.3 Å². The largest absolute Gasteiger partial charge is 0.372 e. The number of carbonyl (C=O) groups excluding carboxylic acids is 4. The van der Waals surface area contributed by atoms with Gasteiger partial charge in [-0.3, -0.25) is 25.0 Å². The second-order valence-corrected chi connectivity index (χ2v) is 11.2. The lowest BCUT2D eigenvalue weighted by Crippen LogP contribution is -2.75. The number of barbiturate groups is 1. The van der Waals surface area contributed by atoms with Gasteiger partial charge in [-0.2, -0.15) is 0 Å². The highest BCUT2D eigenvalue weighted by Crippen LogP contribution is 2.50. The SMILES string of the molecule is C[C@H]1CN2c3c(nc4c(C(=O)NCC(C)(C)C)noc4c3Cl)CC3(C(=O)NC(=O)NC3=O)[C@@H]2[C@@H](C)O1. The van der Waals surface area contributed by atoms with Gasteiger partial charge in [-0.1, -0.05) is 37.5 Å². The molecular weight excluding hydrogens is 492 g/mol. The van der Waals surface area contributed by atoms with Gasteiger partial charge in [0.1, 0.15) is 10.5 Å². The molecule has 0 unspecified atom stereocenters. The van der Waals surface area contributed by atoms with Gasteiger partial charge >= 0.3 is 6.03 Å². The van der Waals surface area contributed by atoms with Gasteiger partial charge in [0.15, 0.2) is 11.1 Å². The molecule has 2 aromatic heterocycles. The Morgan fingerprint density at radius 2 is 1.89 bits per heavy atom. The maximum Gasteiger partial charge on any atom is 0.328 e. The third-order valence-corrected chi connectivity index (χ3v) is 7.12. The van der Waals surface area contributed by atoms with Gasteiger partial charge in [0.2, 0.25) is 17.4 Å². The lowest BCUT2D eigenvalue weighted by atomic mass is 9.67. The quantitative estimate of drug-likeness (QED) is 0.502. The van der Waals surface area contributed by atoms with Crippen LogP contribution in [0.3, 0.4) is 0 Å². The number of imide groups is 2. The Morgan fingerprint density at radius 3 is 2.53 bits per heavy atom. The Balaban J connectivity index is 1.67. The first-order valence-corrected chi connectivity index (χ1v) is 12.1. The molecule has 1 spiro atoms. The number of hydrogen-bond acceptors (Lipinski definition) is 9. The van der Waals surface area contributed by atoms with Crippen LogP contribution in [0.25, 0.3) is 11.1 Å². The van der Waals surface area contributed by atoms with E-state index in [4.69, 9.17) is 20.9 Å². The average molecular weight is 519 g/mol. The highest BCUT2D eigenvalue weighted by Gasteiger charge is 2.63. The van der Waals surface area contributed by atoms with Crippen LogP contribution in [0.5, 0.6) is 0 Å². The molecule has 3 aliphatic heterocycles. The lowest BCUT2D eigenvalue weighted by molar-refractivity contribution is -0.153. The summed E-state index contributed by atoms with van der Waals surface area (Å²) in [6.45, 7) is 10.3. The van der Waals surface area contributed by atoms with Crippen molar-refractivity contribution in [3.8, 4) is 0 Å². The van der Waals surface area contributed by atoms with Gasteiger partial charge in [-0.25, -0.2) is 9.78 Å². The van der Waals surface area contributed by atoms with Crippen molar-refractivity contribution in [3.63, 3.8) is 0 Å². The van der Waals surface area contributed by atoms with Gasteiger partial charge in [-0.05, 0) is 19.3 Å². The number of halogens is 1. The number of anilines is 1. The van der Waals surface area contributed by atoms with Crippen molar-refractivity contribution in [3.05, 3.63) is 16.4 Å². The number of carbonyl (C=O) groups is 4. The van der Waals surface area contributed by atoms with E-state index in [2.05, 4.69) is 26.1 Å². The zero-order valence-electron chi connectivity index (χ0n) is 20.5. The average Bonchev–Trinajstić information content (AvgIpc) is 3.19. The summed E-state index contributed by atoms with van der Waals surface area (Å²) in [6.07, 6.45) is -0.983. The number of rotatable bonds is 2.